The van der Waals surface area contributed by atoms with E-state index in [2.05, 4.69) is 0 Å². The van der Waals surface area contributed by atoms with Gasteiger partial charge in [-0.1, -0.05) is 57.5 Å². The number of ketones is 2. The molecule has 0 saturated heterocycles. The van der Waals surface area contributed by atoms with E-state index >= 15 is 0 Å². The second-order valence-electron chi connectivity index (χ2n) is 9.20. The van der Waals surface area contributed by atoms with Crippen molar-refractivity contribution in [1.82, 2.24) is 4.90 Å². The predicted octanol–water partition coefficient (Wildman–Crippen LogP) is 5.13. The molecule has 0 bridgehead atoms. The zero-order valence-corrected chi connectivity index (χ0v) is 20.8. The number of rotatable bonds is 9. The largest absolute Gasteiger partial charge is 0.428 e. The average molecular weight is 480 g/mol. The van der Waals surface area contributed by atoms with Crippen LogP contribution in [0.3, 0.4) is 0 Å². The molecule has 182 valence electrons. The second-order valence-corrected chi connectivity index (χ2v) is 9.60. The number of carbonyl (C=O) groups is 4. The van der Waals surface area contributed by atoms with E-state index in [1.54, 1.807) is 38.1 Å². The Balaban J connectivity index is 2.10. The molecule has 1 aliphatic carbocycles. The third-order valence-corrected chi connectivity index (χ3v) is 6.71. The van der Waals surface area contributed by atoms with Crippen LogP contribution >= 0.6 is 11.6 Å². The van der Waals surface area contributed by atoms with Crippen molar-refractivity contribution in [2.24, 2.45) is 17.8 Å². The third-order valence-electron chi connectivity index (χ3n) is 6.38. The fourth-order valence-electron chi connectivity index (χ4n) is 4.17. The van der Waals surface area contributed by atoms with Gasteiger partial charge >= 0.3 is 12.1 Å². The van der Waals surface area contributed by atoms with Gasteiger partial charge in [-0.05, 0) is 31.2 Å². The monoisotopic (exact) mass is 479 g/mol. The van der Waals surface area contributed by atoms with Gasteiger partial charge in [-0.3, -0.25) is 19.3 Å². The molecular weight excluding hydrogens is 446 g/mol. The van der Waals surface area contributed by atoms with Gasteiger partial charge in [-0.25, -0.2) is 4.79 Å². The van der Waals surface area contributed by atoms with Crippen LogP contribution < -0.4 is 0 Å². The van der Waals surface area contributed by atoms with Crippen molar-refractivity contribution in [3.8, 4) is 0 Å². The van der Waals surface area contributed by atoms with Gasteiger partial charge < -0.3 is 9.47 Å². The van der Waals surface area contributed by atoms with Crippen molar-refractivity contribution in [3.63, 3.8) is 0 Å². The molecule has 7 nitrogen and oxygen atoms in total. The maximum absolute atomic E-state index is 13.1. The lowest BCUT2D eigenvalue weighted by Crippen LogP contribution is -2.54. The van der Waals surface area contributed by atoms with Gasteiger partial charge in [0.1, 0.15) is 11.3 Å². The number of esters is 1. The van der Waals surface area contributed by atoms with Crippen molar-refractivity contribution in [3.05, 3.63) is 34.9 Å². The topological polar surface area (TPSA) is 90.0 Å². The zero-order valence-electron chi connectivity index (χ0n) is 20.1. The fraction of sp³-hybridized carbons (Fsp3) is 0.600. The van der Waals surface area contributed by atoms with Crippen molar-refractivity contribution in [2.75, 3.05) is 13.8 Å². The summed E-state index contributed by atoms with van der Waals surface area (Å²) in [4.78, 5) is 51.9. The van der Waals surface area contributed by atoms with E-state index in [0.29, 0.717) is 23.4 Å². The minimum absolute atomic E-state index is 0.0279. The Bertz CT molecular complexity index is 883. The van der Waals surface area contributed by atoms with Gasteiger partial charge in [0, 0.05) is 36.4 Å². The summed E-state index contributed by atoms with van der Waals surface area (Å²) in [6, 6.07) is 6.97. The first-order valence-electron chi connectivity index (χ1n) is 11.4. The Kier molecular flexibility index (Phi) is 9.46. The molecule has 33 heavy (non-hydrogen) atoms. The SMILES string of the molecule is CC(C)C(=O)C[C@H](C(=O)OCOC(=O)N(C)[C@]1(c2ccccc2Cl)CCCCC1=O)C(C)C. The van der Waals surface area contributed by atoms with Crippen LogP contribution in [0.2, 0.25) is 5.02 Å². The summed E-state index contributed by atoms with van der Waals surface area (Å²) in [6.07, 6.45) is 1.54. The van der Waals surface area contributed by atoms with Crippen molar-refractivity contribution in [1.29, 1.82) is 0 Å². The second kappa shape index (κ2) is 11.6. The molecule has 2 rings (SSSR count). The van der Waals surface area contributed by atoms with Gasteiger partial charge in [-0.15, -0.1) is 0 Å². The van der Waals surface area contributed by atoms with E-state index in [0.717, 1.165) is 12.8 Å². The minimum Gasteiger partial charge on any atom is -0.428 e. The molecule has 0 aliphatic heterocycles. The van der Waals surface area contributed by atoms with E-state index in [1.807, 2.05) is 13.8 Å². The minimum atomic E-state index is -1.23. The van der Waals surface area contributed by atoms with E-state index in [1.165, 1.54) is 11.9 Å². The van der Waals surface area contributed by atoms with Crippen molar-refractivity contribution < 1.29 is 28.7 Å². The summed E-state index contributed by atoms with van der Waals surface area (Å²) < 4.78 is 10.4. The highest BCUT2D eigenvalue weighted by Gasteiger charge is 2.48. The van der Waals surface area contributed by atoms with Crippen LogP contribution in [-0.4, -0.2) is 42.4 Å². The summed E-state index contributed by atoms with van der Waals surface area (Å²) in [5.74, 6) is -1.64. The molecular formula is C25H34ClNO6. The molecule has 0 heterocycles. The number of nitrogens with zero attached hydrogens (tertiary/aromatic N) is 1. The first-order chi connectivity index (χ1) is 15.5. The Morgan fingerprint density at radius 3 is 2.33 bits per heavy atom. The number of hydrogen-bond acceptors (Lipinski definition) is 6. The number of amides is 1. The predicted molar refractivity (Wildman–Crippen MR) is 125 cm³/mol. The molecule has 1 saturated carbocycles. The highest BCUT2D eigenvalue weighted by molar-refractivity contribution is 6.31. The summed E-state index contributed by atoms with van der Waals surface area (Å²) >= 11 is 6.41. The smallest absolute Gasteiger partial charge is 0.413 e. The van der Waals surface area contributed by atoms with Gasteiger partial charge in [0.15, 0.2) is 5.78 Å². The van der Waals surface area contributed by atoms with Crippen LogP contribution in [0.15, 0.2) is 24.3 Å². The Morgan fingerprint density at radius 1 is 1.09 bits per heavy atom. The van der Waals surface area contributed by atoms with Gasteiger partial charge in [0.25, 0.3) is 0 Å². The molecule has 0 unspecified atom stereocenters. The lowest BCUT2D eigenvalue weighted by atomic mass is 9.74. The molecule has 0 aromatic heterocycles. The van der Waals surface area contributed by atoms with E-state index in [-0.39, 0.29) is 29.8 Å². The number of hydrogen-bond donors (Lipinski definition) is 0. The first kappa shape index (κ1) is 26.8. The summed E-state index contributed by atoms with van der Waals surface area (Å²) in [5.41, 5.74) is -0.679. The number of benzene rings is 1. The molecule has 8 heteroatoms. The molecule has 1 amide bonds. The average Bonchev–Trinajstić information content (AvgIpc) is 2.77. The van der Waals surface area contributed by atoms with Crippen LogP contribution in [-0.2, 0) is 29.4 Å². The van der Waals surface area contributed by atoms with Gasteiger partial charge in [0.05, 0.1) is 5.92 Å². The number of halogens is 1. The maximum atomic E-state index is 13.1. The first-order valence-corrected chi connectivity index (χ1v) is 11.8. The lowest BCUT2D eigenvalue weighted by molar-refractivity contribution is -0.161. The number of ether oxygens (including phenoxy) is 2. The molecule has 0 radical (unpaired) electrons. The van der Waals surface area contributed by atoms with E-state index in [4.69, 9.17) is 21.1 Å². The standard InChI is InChI=1S/C25H34ClNO6/c1-16(2)18(14-21(28)17(3)4)23(30)32-15-33-24(31)27(5)25(13-9-8-12-22(25)29)19-10-6-7-11-20(19)26/h6-7,10-11,16-18H,8-9,12-15H2,1-5H3/t18-,25-/m0/s1. The molecule has 1 aromatic rings. The maximum Gasteiger partial charge on any atom is 0.413 e. The van der Waals surface area contributed by atoms with Gasteiger partial charge in [0.2, 0.25) is 6.79 Å². The number of likely N-dealkylation sites (N-methyl/N-ethyl adjacent to an activating group) is 1. The van der Waals surface area contributed by atoms with Crippen LogP contribution in [0.4, 0.5) is 4.79 Å². The Hall–Kier alpha value is -2.41. The number of Topliss-reactive ketones (excluding diaryl/α,β-unsaturated/α-hetero) is 2. The summed E-state index contributed by atoms with van der Waals surface area (Å²) in [5, 5.41) is 0.397. The Morgan fingerprint density at radius 2 is 1.76 bits per heavy atom. The molecule has 0 spiro atoms. The highest BCUT2D eigenvalue weighted by atomic mass is 35.5. The third kappa shape index (κ3) is 6.14. The van der Waals surface area contributed by atoms with Crippen LogP contribution in [0, 0.1) is 17.8 Å². The van der Waals surface area contributed by atoms with Crippen molar-refractivity contribution in [2.45, 2.75) is 65.3 Å². The molecule has 0 N–H and O–H groups in total. The lowest BCUT2D eigenvalue weighted by Gasteiger charge is -2.43. The summed E-state index contributed by atoms with van der Waals surface area (Å²) in [6.45, 7) is 6.63. The van der Waals surface area contributed by atoms with Crippen molar-refractivity contribution >= 4 is 35.2 Å². The fourth-order valence-corrected chi connectivity index (χ4v) is 4.46. The summed E-state index contributed by atoms with van der Waals surface area (Å²) in [7, 11) is 1.49. The highest BCUT2D eigenvalue weighted by Crippen LogP contribution is 2.42. The number of carbonyl (C=O) groups excluding carboxylic acids is 4. The van der Waals surface area contributed by atoms with Crippen LogP contribution in [0.5, 0.6) is 0 Å². The molecule has 1 aliphatic rings. The molecule has 2 atom stereocenters. The Labute approximate surface area is 200 Å². The normalized spacial score (nSPS) is 19.3. The van der Waals surface area contributed by atoms with Gasteiger partial charge in [-0.2, -0.15) is 0 Å². The quantitative estimate of drug-likeness (QED) is 0.360. The van der Waals surface area contributed by atoms with E-state index in [9.17, 15) is 19.2 Å². The molecule has 1 fully saturated rings. The zero-order chi connectivity index (χ0) is 24.8. The van der Waals surface area contributed by atoms with Crippen LogP contribution in [0.25, 0.3) is 0 Å². The molecule has 1 aromatic carbocycles. The van der Waals surface area contributed by atoms with E-state index < -0.39 is 30.3 Å². The van der Waals surface area contributed by atoms with Crippen LogP contribution in [0.1, 0.15) is 65.4 Å².